The lowest BCUT2D eigenvalue weighted by Gasteiger charge is -2.25. The van der Waals surface area contributed by atoms with Gasteiger partial charge in [0.2, 0.25) is 0 Å². The molecule has 3 aromatic rings. The van der Waals surface area contributed by atoms with Gasteiger partial charge in [-0.15, -0.1) is 22.7 Å². The summed E-state index contributed by atoms with van der Waals surface area (Å²) in [5.41, 5.74) is 8.15. The van der Waals surface area contributed by atoms with Crippen molar-refractivity contribution in [2.75, 3.05) is 31.2 Å². The molecule has 0 bridgehead atoms. The first-order chi connectivity index (χ1) is 15.0. The van der Waals surface area contributed by atoms with Gasteiger partial charge in [0.15, 0.2) is 9.09 Å². The van der Waals surface area contributed by atoms with Gasteiger partial charge in [0.1, 0.15) is 12.2 Å². The summed E-state index contributed by atoms with van der Waals surface area (Å²) in [6.07, 6.45) is 0. The predicted octanol–water partition coefficient (Wildman–Crippen LogP) is 3.01. The van der Waals surface area contributed by atoms with Gasteiger partial charge in [0.05, 0.1) is 18.9 Å². The van der Waals surface area contributed by atoms with Gasteiger partial charge in [-0.05, 0) is 24.7 Å². The van der Waals surface area contributed by atoms with Crippen LogP contribution in [0.1, 0.15) is 16.1 Å². The molecule has 2 aromatic heterocycles. The van der Waals surface area contributed by atoms with Crippen molar-refractivity contribution in [2.45, 2.75) is 13.5 Å². The molecule has 0 saturated carbocycles. The van der Waals surface area contributed by atoms with Gasteiger partial charge >= 0.3 is 0 Å². The molecule has 31 heavy (non-hydrogen) atoms. The van der Waals surface area contributed by atoms with Crippen molar-refractivity contribution in [3.63, 3.8) is 0 Å². The average molecular weight is 476 g/mol. The maximum Gasteiger partial charge on any atom is 0.289 e. The third-order valence-corrected chi connectivity index (χ3v) is 6.93. The molecule has 0 unspecified atom stereocenters. The van der Waals surface area contributed by atoms with Crippen molar-refractivity contribution in [1.82, 2.24) is 20.4 Å². The average Bonchev–Trinajstić information content (AvgIpc) is 3.41. The smallest absolute Gasteiger partial charge is 0.289 e. The first-order valence-electron chi connectivity index (χ1n) is 9.64. The topological polar surface area (TPSA) is 88.5 Å². The molecular weight excluding hydrogens is 454 g/mol. The summed E-state index contributed by atoms with van der Waals surface area (Å²) in [5, 5.41) is 4.38. The van der Waals surface area contributed by atoms with Crippen LogP contribution in [0.4, 0.5) is 5.13 Å². The highest BCUT2D eigenvalue weighted by atomic mass is 32.1. The second-order valence-electron chi connectivity index (χ2n) is 6.96. The monoisotopic (exact) mass is 475 g/mol. The maximum atomic E-state index is 12.5. The van der Waals surface area contributed by atoms with Crippen LogP contribution in [-0.4, -0.2) is 47.7 Å². The minimum absolute atomic E-state index is 0.00190. The molecule has 0 aliphatic carbocycles. The molecule has 11 heteroatoms. The number of amides is 2. The fourth-order valence-electron chi connectivity index (χ4n) is 3.07. The zero-order valence-corrected chi connectivity index (χ0v) is 19.2. The Morgan fingerprint density at radius 3 is 2.61 bits per heavy atom. The summed E-state index contributed by atoms with van der Waals surface area (Å²) < 4.78 is 7.68. The third-order valence-electron chi connectivity index (χ3n) is 4.75. The number of anilines is 1. The molecule has 1 aromatic carbocycles. The number of nitrogens with zero attached hydrogens (tertiary/aromatic N) is 3. The van der Waals surface area contributed by atoms with E-state index in [4.69, 9.17) is 17.0 Å². The summed E-state index contributed by atoms with van der Waals surface area (Å²) in [6.45, 7) is 4.81. The number of aryl methyl sites for hydroxylation is 1. The molecule has 2 amide bonds. The van der Waals surface area contributed by atoms with E-state index in [9.17, 15) is 9.59 Å². The van der Waals surface area contributed by atoms with E-state index < -0.39 is 5.91 Å². The minimum Gasteiger partial charge on any atom is -0.378 e. The number of carbonyl (C=O) groups is 2. The molecule has 0 spiro atoms. The summed E-state index contributed by atoms with van der Waals surface area (Å²) in [7, 11) is 0. The Balaban J connectivity index is 1.36. The molecule has 0 radical (unpaired) electrons. The van der Waals surface area contributed by atoms with Crippen LogP contribution >= 0.6 is 34.9 Å². The van der Waals surface area contributed by atoms with Gasteiger partial charge in [-0.2, -0.15) is 0 Å². The molecule has 3 heterocycles. The highest BCUT2D eigenvalue weighted by Gasteiger charge is 2.18. The number of benzene rings is 1. The number of rotatable bonds is 5. The van der Waals surface area contributed by atoms with Crippen LogP contribution in [-0.2, 0) is 16.1 Å². The van der Waals surface area contributed by atoms with Crippen molar-refractivity contribution in [2.24, 2.45) is 0 Å². The van der Waals surface area contributed by atoms with E-state index in [0.29, 0.717) is 17.2 Å². The van der Waals surface area contributed by atoms with Crippen LogP contribution in [0, 0.1) is 10.9 Å². The van der Waals surface area contributed by atoms with Crippen LogP contribution in [0.2, 0.25) is 0 Å². The molecule has 162 valence electrons. The number of hydrogen-bond acceptors (Lipinski definition) is 8. The van der Waals surface area contributed by atoms with Gasteiger partial charge in [0, 0.05) is 23.8 Å². The molecule has 0 atom stereocenters. The number of ether oxygens (including phenoxy) is 1. The van der Waals surface area contributed by atoms with Gasteiger partial charge in [-0.25, -0.2) is 4.98 Å². The second-order valence-corrected chi connectivity index (χ2v) is 9.30. The van der Waals surface area contributed by atoms with Crippen LogP contribution in [0.15, 0.2) is 35.0 Å². The van der Waals surface area contributed by atoms with E-state index in [1.54, 1.807) is 9.95 Å². The van der Waals surface area contributed by atoms with E-state index in [-0.39, 0.29) is 18.1 Å². The van der Waals surface area contributed by atoms with Crippen molar-refractivity contribution in [1.29, 1.82) is 0 Å². The van der Waals surface area contributed by atoms with Gasteiger partial charge in [0.25, 0.3) is 11.8 Å². The Morgan fingerprint density at radius 2 is 1.87 bits per heavy atom. The number of carbonyl (C=O) groups excluding carboxylic acids is 2. The number of thiazole rings is 2. The fraction of sp³-hybridized carbons (Fsp3) is 0.300. The maximum absolute atomic E-state index is 12.5. The normalized spacial score (nSPS) is 13.8. The highest BCUT2D eigenvalue weighted by molar-refractivity contribution is 7.73. The van der Waals surface area contributed by atoms with Crippen LogP contribution in [0.5, 0.6) is 0 Å². The molecular formula is C20H21N5O3S3. The van der Waals surface area contributed by atoms with Gasteiger partial charge in [-0.1, -0.05) is 29.8 Å². The Labute approximate surface area is 192 Å². The lowest BCUT2D eigenvalue weighted by molar-refractivity contribution is -0.122. The lowest BCUT2D eigenvalue weighted by atomic mass is 10.1. The Bertz CT molecular complexity index is 1130. The zero-order chi connectivity index (χ0) is 21.8. The zero-order valence-electron chi connectivity index (χ0n) is 16.8. The van der Waals surface area contributed by atoms with E-state index in [2.05, 4.69) is 20.7 Å². The molecule has 2 N–H and O–H groups in total. The Kier molecular flexibility index (Phi) is 6.76. The van der Waals surface area contributed by atoms with E-state index in [1.165, 1.54) is 22.7 Å². The Morgan fingerprint density at radius 1 is 1.13 bits per heavy atom. The van der Waals surface area contributed by atoms with Gasteiger partial charge < -0.3 is 14.2 Å². The van der Waals surface area contributed by atoms with E-state index in [1.807, 2.05) is 36.6 Å². The number of nitrogens with one attached hydrogen (secondary N) is 2. The van der Waals surface area contributed by atoms with Crippen LogP contribution in [0.25, 0.3) is 11.3 Å². The van der Waals surface area contributed by atoms with Crippen LogP contribution in [0.3, 0.4) is 0 Å². The van der Waals surface area contributed by atoms with Crippen molar-refractivity contribution < 1.29 is 14.3 Å². The number of hydrazine groups is 1. The molecule has 1 aliphatic heterocycles. The summed E-state index contributed by atoms with van der Waals surface area (Å²) in [5.74, 6) is -0.836. The fourth-order valence-corrected chi connectivity index (χ4v) is 5.00. The summed E-state index contributed by atoms with van der Waals surface area (Å²) in [6, 6.07) is 8.02. The second kappa shape index (κ2) is 9.69. The third kappa shape index (κ3) is 5.18. The molecule has 1 aliphatic rings. The first kappa shape index (κ1) is 21.6. The number of hydrogen-bond donors (Lipinski definition) is 2. The predicted molar refractivity (Wildman–Crippen MR) is 124 cm³/mol. The molecule has 8 nitrogen and oxygen atoms in total. The highest BCUT2D eigenvalue weighted by Crippen LogP contribution is 2.24. The molecule has 4 rings (SSSR count). The molecule has 1 saturated heterocycles. The van der Waals surface area contributed by atoms with Crippen molar-refractivity contribution in [3.05, 3.63) is 50.2 Å². The van der Waals surface area contributed by atoms with Crippen molar-refractivity contribution >= 4 is 51.8 Å². The largest absolute Gasteiger partial charge is 0.378 e. The summed E-state index contributed by atoms with van der Waals surface area (Å²) in [4.78, 5) is 31.3. The SMILES string of the molecule is Cc1ccc(-c2csc(=S)n2CC(=O)NNC(=O)c2csc(N3CCOCC3)n2)cc1. The standard InChI is InChI=1S/C20H21N5O3S3/c1-13-2-4-14(5-3-13)16-12-31-20(29)25(16)10-17(26)22-23-18(27)15-11-30-19(21-15)24-6-8-28-9-7-24/h2-5,11-12H,6-10H2,1H3,(H,22,26)(H,23,27). The van der Waals surface area contributed by atoms with Crippen LogP contribution < -0.4 is 15.8 Å². The van der Waals surface area contributed by atoms with Gasteiger partial charge in [-0.3, -0.25) is 20.4 Å². The Hall–Kier alpha value is -2.60. The molecule has 1 fully saturated rings. The van der Waals surface area contributed by atoms with E-state index >= 15 is 0 Å². The minimum atomic E-state index is -0.461. The van der Waals surface area contributed by atoms with E-state index in [0.717, 1.165) is 35.0 Å². The number of morpholine rings is 1. The quantitative estimate of drug-likeness (QED) is 0.436. The summed E-state index contributed by atoms with van der Waals surface area (Å²) >= 11 is 8.18. The first-order valence-corrected chi connectivity index (χ1v) is 11.8. The van der Waals surface area contributed by atoms with Crippen molar-refractivity contribution in [3.8, 4) is 11.3 Å². The lowest BCUT2D eigenvalue weighted by Crippen LogP contribution is -2.43. The number of aromatic nitrogens is 2.